The van der Waals surface area contributed by atoms with Crippen LogP contribution in [0.4, 0.5) is 0 Å². The number of hydrogen-bond donors (Lipinski definition) is 0. The Bertz CT molecular complexity index is 502. The van der Waals surface area contributed by atoms with E-state index in [0.29, 0.717) is 11.8 Å². The van der Waals surface area contributed by atoms with Crippen molar-refractivity contribution >= 4 is 0 Å². The Kier molecular flexibility index (Phi) is 3.14. The highest BCUT2D eigenvalue weighted by Crippen LogP contribution is 2.50. The van der Waals surface area contributed by atoms with Gasteiger partial charge in [0, 0.05) is 11.5 Å². The van der Waals surface area contributed by atoms with E-state index in [4.69, 9.17) is 9.47 Å². The molecular weight excluding hydrogens is 236 g/mol. The van der Waals surface area contributed by atoms with E-state index in [1.807, 2.05) is 6.07 Å². The van der Waals surface area contributed by atoms with Gasteiger partial charge < -0.3 is 9.47 Å². The lowest BCUT2D eigenvalue weighted by atomic mass is 9.79. The molecule has 102 valence electrons. The molecule has 2 aliphatic heterocycles. The standard InChI is InChI=1S/C17H22O2/c1-10(2)9-15-16-11(3)12(4)18-17(16)13-7-5-6-8-14(13)19-15/h5-9,11-12,15-17H,1-4H3. The highest BCUT2D eigenvalue weighted by atomic mass is 16.5. The summed E-state index contributed by atoms with van der Waals surface area (Å²) in [6.45, 7) is 8.70. The summed E-state index contributed by atoms with van der Waals surface area (Å²) >= 11 is 0. The van der Waals surface area contributed by atoms with Crippen LogP contribution in [0.3, 0.4) is 0 Å². The van der Waals surface area contributed by atoms with E-state index >= 15 is 0 Å². The lowest BCUT2D eigenvalue weighted by molar-refractivity contribution is 0.0102. The zero-order chi connectivity index (χ0) is 13.6. The molecule has 0 amide bonds. The van der Waals surface area contributed by atoms with E-state index < -0.39 is 0 Å². The van der Waals surface area contributed by atoms with Gasteiger partial charge in [-0.15, -0.1) is 0 Å². The molecule has 19 heavy (non-hydrogen) atoms. The minimum absolute atomic E-state index is 0.129. The molecule has 1 aromatic carbocycles. The first-order valence-electron chi connectivity index (χ1n) is 7.14. The quantitative estimate of drug-likeness (QED) is 0.705. The number of benzene rings is 1. The predicted octanol–water partition coefficient (Wildman–Crippen LogP) is 4.13. The summed E-state index contributed by atoms with van der Waals surface area (Å²) in [7, 11) is 0. The molecule has 0 spiro atoms. The molecule has 1 saturated heterocycles. The molecule has 0 saturated carbocycles. The van der Waals surface area contributed by atoms with Crippen LogP contribution in [0.1, 0.15) is 39.4 Å². The third-order valence-corrected chi connectivity index (χ3v) is 4.42. The second-order valence-electron chi connectivity index (χ2n) is 6.06. The van der Waals surface area contributed by atoms with Gasteiger partial charge in [0.2, 0.25) is 0 Å². The van der Waals surface area contributed by atoms with Crippen molar-refractivity contribution in [2.75, 3.05) is 0 Å². The minimum atomic E-state index is 0.129. The summed E-state index contributed by atoms with van der Waals surface area (Å²) in [5.74, 6) is 1.91. The van der Waals surface area contributed by atoms with Crippen molar-refractivity contribution in [2.24, 2.45) is 11.8 Å². The Morgan fingerprint density at radius 2 is 1.89 bits per heavy atom. The molecule has 2 nitrogen and oxygen atoms in total. The molecule has 1 aromatic rings. The van der Waals surface area contributed by atoms with Gasteiger partial charge in [-0.05, 0) is 38.8 Å². The molecule has 0 N–H and O–H groups in total. The maximum Gasteiger partial charge on any atom is 0.126 e. The zero-order valence-corrected chi connectivity index (χ0v) is 12.1. The molecule has 1 fully saturated rings. The molecule has 5 atom stereocenters. The summed E-state index contributed by atoms with van der Waals surface area (Å²) in [6, 6.07) is 8.28. The Morgan fingerprint density at radius 1 is 1.16 bits per heavy atom. The molecule has 0 bridgehead atoms. The maximum absolute atomic E-state index is 6.22. The average Bonchev–Trinajstić information content (AvgIpc) is 2.66. The number of ether oxygens (including phenoxy) is 2. The highest BCUT2D eigenvalue weighted by Gasteiger charge is 2.48. The van der Waals surface area contributed by atoms with Crippen LogP contribution in [0.25, 0.3) is 0 Å². The summed E-state index contributed by atoms with van der Waals surface area (Å²) < 4.78 is 12.4. The van der Waals surface area contributed by atoms with E-state index in [2.05, 4.69) is 52.0 Å². The van der Waals surface area contributed by atoms with E-state index in [0.717, 1.165) is 5.75 Å². The first kappa shape index (κ1) is 12.7. The fourth-order valence-corrected chi connectivity index (χ4v) is 3.31. The van der Waals surface area contributed by atoms with Gasteiger partial charge in [0.25, 0.3) is 0 Å². The van der Waals surface area contributed by atoms with E-state index in [1.54, 1.807) is 0 Å². The van der Waals surface area contributed by atoms with E-state index in [-0.39, 0.29) is 18.3 Å². The van der Waals surface area contributed by atoms with Crippen LogP contribution in [0.15, 0.2) is 35.9 Å². The van der Waals surface area contributed by atoms with Gasteiger partial charge in [0.1, 0.15) is 11.9 Å². The van der Waals surface area contributed by atoms with Gasteiger partial charge in [0.15, 0.2) is 0 Å². The molecule has 0 aromatic heterocycles. The number of hydrogen-bond acceptors (Lipinski definition) is 2. The molecular formula is C17H22O2. The lowest BCUT2D eigenvalue weighted by Crippen LogP contribution is -2.35. The maximum atomic E-state index is 6.22. The van der Waals surface area contributed by atoms with Crippen LogP contribution in [0.2, 0.25) is 0 Å². The van der Waals surface area contributed by atoms with Crippen molar-refractivity contribution in [3.63, 3.8) is 0 Å². The molecule has 2 heteroatoms. The van der Waals surface area contributed by atoms with Gasteiger partial charge in [-0.2, -0.15) is 0 Å². The van der Waals surface area contributed by atoms with Crippen LogP contribution < -0.4 is 4.74 Å². The normalized spacial score (nSPS) is 36.1. The first-order chi connectivity index (χ1) is 9.08. The number of fused-ring (bicyclic) bond motifs is 3. The SMILES string of the molecule is CC(C)=CC1Oc2ccccc2C2OC(C)C(C)C12. The van der Waals surface area contributed by atoms with E-state index in [1.165, 1.54) is 11.1 Å². The van der Waals surface area contributed by atoms with Crippen LogP contribution in [0, 0.1) is 11.8 Å². The summed E-state index contributed by atoms with van der Waals surface area (Å²) in [4.78, 5) is 0. The second kappa shape index (κ2) is 4.68. The van der Waals surface area contributed by atoms with Crippen LogP contribution in [0.5, 0.6) is 5.75 Å². The Hall–Kier alpha value is -1.28. The summed E-state index contributed by atoms with van der Waals surface area (Å²) in [5, 5.41) is 0. The third kappa shape index (κ3) is 2.08. The third-order valence-electron chi connectivity index (χ3n) is 4.42. The first-order valence-corrected chi connectivity index (χ1v) is 7.14. The average molecular weight is 258 g/mol. The lowest BCUT2D eigenvalue weighted by Gasteiger charge is -2.35. The number of para-hydroxylation sites is 1. The van der Waals surface area contributed by atoms with Gasteiger partial charge in [0.05, 0.1) is 12.2 Å². The molecule has 0 radical (unpaired) electrons. The minimum Gasteiger partial charge on any atom is -0.486 e. The molecule has 3 rings (SSSR count). The van der Waals surface area contributed by atoms with E-state index in [9.17, 15) is 0 Å². The number of allylic oxidation sites excluding steroid dienone is 1. The smallest absolute Gasteiger partial charge is 0.126 e. The van der Waals surface area contributed by atoms with Crippen molar-refractivity contribution in [1.82, 2.24) is 0 Å². The summed E-state index contributed by atoms with van der Waals surface area (Å²) in [5.41, 5.74) is 2.51. The Morgan fingerprint density at radius 3 is 2.63 bits per heavy atom. The van der Waals surface area contributed by atoms with Crippen molar-refractivity contribution < 1.29 is 9.47 Å². The fourth-order valence-electron chi connectivity index (χ4n) is 3.31. The molecule has 2 aliphatic rings. The second-order valence-corrected chi connectivity index (χ2v) is 6.06. The monoisotopic (exact) mass is 258 g/mol. The van der Waals surface area contributed by atoms with Crippen LogP contribution in [-0.2, 0) is 4.74 Å². The van der Waals surface area contributed by atoms with Gasteiger partial charge in [-0.3, -0.25) is 0 Å². The van der Waals surface area contributed by atoms with Crippen molar-refractivity contribution in [1.29, 1.82) is 0 Å². The van der Waals surface area contributed by atoms with Gasteiger partial charge >= 0.3 is 0 Å². The fraction of sp³-hybridized carbons (Fsp3) is 0.529. The van der Waals surface area contributed by atoms with Crippen LogP contribution in [-0.4, -0.2) is 12.2 Å². The van der Waals surface area contributed by atoms with Gasteiger partial charge in [-0.1, -0.05) is 30.7 Å². The Labute approximate surface area is 115 Å². The molecule has 0 aliphatic carbocycles. The highest BCUT2D eigenvalue weighted by molar-refractivity contribution is 5.39. The van der Waals surface area contributed by atoms with Crippen molar-refractivity contribution in [2.45, 2.75) is 46.0 Å². The van der Waals surface area contributed by atoms with Crippen LogP contribution >= 0.6 is 0 Å². The topological polar surface area (TPSA) is 18.5 Å². The largest absolute Gasteiger partial charge is 0.486 e. The molecule has 5 unspecified atom stereocenters. The predicted molar refractivity (Wildman–Crippen MR) is 76.2 cm³/mol. The van der Waals surface area contributed by atoms with Gasteiger partial charge in [-0.25, -0.2) is 0 Å². The Balaban J connectivity index is 2.05. The van der Waals surface area contributed by atoms with Crippen molar-refractivity contribution in [3.8, 4) is 5.75 Å². The zero-order valence-electron chi connectivity index (χ0n) is 12.1. The molecule has 2 heterocycles. The summed E-state index contributed by atoms with van der Waals surface area (Å²) in [6.07, 6.45) is 2.84. The van der Waals surface area contributed by atoms with Crippen molar-refractivity contribution in [3.05, 3.63) is 41.5 Å². The number of rotatable bonds is 1.